The SMILES string of the molecule is COc1ccc(C(=O)C[C@@]2(O)C(=O)N(Cc3cccc(Cl)c3)c3ccccc32)c(OC)c1. The normalized spacial score (nSPS) is 17.2. The molecule has 0 radical (unpaired) electrons. The van der Waals surface area contributed by atoms with Crippen molar-refractivity contribution in [1.82, 2.24) is 0 Å². The molecular weight excluding hydrogens is 430 g/mol. The molecule has 6 nitrogen and oxygen atoms in total. The molecule has 0 saturated heterocycles. The maximum absolute atomic E-state index is 13.4. The average molecular weight is 452 g/mol. The topological polar surface area (TPSA) is 76.1 Å². The Morgan fingerprint density at radius 2 is 1.81 bits per heavy atom. The zero-order valence-corrected chi connectivity index (χ0v) is 18.4. The van der Waals surface area contributed by atoms with Crippen LogP contribution < -0.4 is 14.4 Å². The molecule has 0 bridgehead atoms. The van der Waals surface area contributed by atoms with E-state index in [0.29, 0.717) is 27.8 Å². The van der Waals surface area contributed by atoms with E-state index < -0.39 is 23.7 Å². The highest BCUT2D eigenvalue weighted by Crippen LogP contribution is 2.44. The minimum atomic E-state index is -1.99. The van der Waals surface area contributed by atoms with Gasteiger partial charge in [-0.3, -0.25) is 9.59 Å². The van der Waals surface area contributed by atoms with Gasteiger partial charge in [0.15, 0.2) is 11.4 Å². The Morgan fingerprint density at radius 1 is 1.03 bits per heavy atom. The third-order valence-corrected chi connectivity index (χ3v) is 5.83. The van der Waals surface area contributed by atoms with Crippen LogP contribution in [-0.4, -0.2) is 31.0 Å². The lowest BCUT2D eigenvalue weighted by Crippen LogP contribution is -2.41. The largest absolute Gasteiger partial charge is 0.497 e. The number of rotatable bonds is 7. The van der Waals surface area contributed by atoms with Gasteiger partial charge in [0.2, 0.25) is 0 Å². The van der Waals surface area contributed by atoms with Crippen LogP contribution in [-0.2, 0) is 16.9 Å². The number of ether oxygens (including phenoxy) is 2. The number of hydrogen-bond donors (Lipinski definition) is 1. The number of benzene rings is 3. The minimum absolute atomic E-state index is 0.221. The zero-order chi connectivity index (χ0) is 22.9. The molecule has 1 N–H and O–H groups in total. The van der Waals surface area contributed by atoms with Gasteiger partial charge < -0.3 is 19.5 Å². The molecule has 0 spiro atoms. The van der Waals surface area contributed by atoms with Gasteiger partial charge in [-0.25, -0.2) is 0 Å². The number of nitrogens with zero attached hydrogens (tertiary/aromatic N) is 1. The maximum Gasteiger partial charge on any atom is 0.264 e. The van der Waals surface area contributed by atoms with Crippen molar-refractivity contribution in [3.8, 4) is 11.5 Å². The number of ketones is 1. The molecule has 1 amide bonds. The highest BCUT2D eigenvalue weighted by Gasteiger charge is 2.51. The average Bonchev–Trinajstić information content (AvgIpc) is 3.00. The summed E-state index contributed by atoms with van der Waals surface area (Å²) in [6.45, 7) is 0.221. The first kappa shape index (κ1) is 21.9. The summed E-state index contributed by atoms with van der Waals surface area (Å²) in [4.78, 5) is 28.1. The molecule has 1 aliphatic heterocycles. The molecule has 32 heavy (non-hydrogen) atoms. The van der Waals surface area contributed by atoms with Gasteiger partial charge in [0.1, 0.15) is 11.5 Å². The van der Waals surface area contributed by atoms with Gasteiger partial charge >= 0.3 is 0 Å². The van der Waals surface area contributed by atoms with Gasteiger partial charge in [-0.15, -0.1) is 0 Å². The standard InChI is InChI=1S/C25H22ClNO5/c1-31-18-10-11-19(23(13-18)32-2)22(28)14-25(30)20-8-3-4-9-21(20)27(24(25)29)15-16-6-5-7-17(26)12-16/h3-13,30H,14-15H2,1-2H3/t25-/m0/s1. The lowest BCUT2D eigenvalue weighted by atomic mass is 9.88. The second-order valence-corrected chi connectivity index (χ2v) is 8.00. The van der Waals surface area contributed by atoms with Gasteiger partial charge in [0.25, 0.3) is 5.91 Å². The summed E-state index contributed by atoms with van der Waals surface area (Å²) in [5.74, 6) is -0.126. The fourth-order valence-corrected chi connectivity index (χ4v) is 4.22. The Kier molecular flexibility index (Phi) is 5.91. The molecule has 0 aromatic heterocycles. The van der Waals surface area contributed by atoms with Crippen molar-refractivity contribution in [3.05, 3.63) is 88.4 Å². The number of halogens is 1. The number of carbonyl (C=O) groups is 2. The van der Waals surface area contributed by atoms with Gasteiger partial charge in [0, 0.05) is 16.7 Å². The molecule has 0 fully saturated rings. The monoisotopic (exact) mass is 451 g/mol. The van der Waals surface area contributed by atoms with Crippen LogP contribution in [0.2, 0.25) is 5.02 Å². The molecule has 3 aromatic rings. The van der Waals surface area contributed by atoms with Crippen LogP contribution in [0.1, 0.15) is 27.9 Å². The lowest BCUT2D eigenvalue weighted by Gasteiger charge is -2.23. The Hall–Kier alpha value is -3.35. The molecule has 4 rings (SSSR count). The first-order chi connectivity index (χ1) is 15.4. The van der Waals surface area contributed by atoms with Crippen molar-refractivity contribution in [1.29, 1.82) is 0 Å². The minimum Gasteiger partial charge on any atom is -0.497 e. The van der Waals surface area contributed by atoms with Crippen LogP contribution in [0.15, 0.2) is 66.7 Å². The lowest BCUT2D eigenvalue weighted by molar-refractivity contribution is -0.136. The van der Waals surface area contributed by atoms with E-state index in [9.17, 15) is 14.7 Å². The highest BCUT2D eigenvalue weighted by atomic mass is 35.5. The molecule has 1 atom stereocenters. The van der Waals surface area contributed by atoms with Crippen LogP contribution in [0.5, 0.6) is 11.5 Å². The summed E-state index contributed by atoms with van der Waals surface area (Å²) in [6, 6.07) is 18.9. The predicted octanol–water partition coefficient (Wildman–Crippen LogP) is 4.36. The highest BCUT2D eigenvalue weighted by molar-refractivity contribution is 6.30. The molecule has 3 aromatic carbocycles. The summed E-state index contributed by atoms with van der Waals surface area (Å²) < 4.78 is 10.5. The number of anilines is 1. The second-order valence-electron chi connectivity index (χ2n) is 7.56. The third-order valence-electron chi connectivity index (χ3n) is 5.59. The van der Waals surface area contributed by atoms with Gasteiger partial charge in [-0.1, -0.05) is 41.9 Å². The summed E-state index contributed by atoms with van der Waals surface area (Å²) in [6.07, 6.45) is -0.419. The van der Waals surface area contributed by atoms with Crippen LogP contribution in [0, 0.1) is 0 Å². The fraction of sp³-hybridized carbons (Fsp3) is 0.200. The van der Waals surface area contributed by atoms with Crippen LogP contribution in [0.25, 0.3) is 0 Å². The van der Waals surface area contributed by atoms with Crippen molar-refractivity contribution in [2.75, 3.05) is 19.1 Å². The van der Waals surface area contributed by atoms with Crippen LogP contribution >= 0.6 is 11.6 Å². The van der Waals surface area contributed by atoms with E-state index in [4.69, 9.17) is 21.1 Å². The van der Waals surface area contributed by atoms with Crippen molar-refractivity contribution in [2.24, 2.45) is 0 Å². The van der Waals surface area contributed by atoms with Crippen LogP contribution in [0.3, 0.4) is 0 Å². The smallest absolute Gasteiger partial charge is 0.264 e. The second kappa shape index (κ2) is 8.65. The quantitative estimate of drug-likeness (QED) is 0.540. The number of para-hydroxylation sites is 1. The van der Waals surface area contributed by atoms with Gasteiger partial charge in [-0.05, 0) is 35.9 Å². The number of methoxy groups -OCH3 is 2. The van der Waals surface area contributed by atoms with E-state index in [2.05, 4.69) is 0 Å². The van der Waals surface area contributed by atoms with Crippen molar-refractivity contribution >= 4 is 29.0 Å². The van der Waals surface area contributed by atoms with Crippen molar-refractivity contribution < 1.29 is 24.2 Å². The number of Topliss-reactive ketones (excluding diaryl/α,β-unsaturated/α-hetero) is 1. The van der Waals surface area contributed by atoms with Crippen molar-refractivity contribution in [3.63, 3.8) is 0 Å². The van der Waals surface area contributed by atoms with Crippen molar-refractivity contribution in [2.45, 2.75) is 18.6 Å². The molecular formula is C25H22ClNO5. The first-order valence-corrected chi connectivity index (χ1v) is 10.4. The Bertz CT molecular complexity index is 1190. The number of amides is 1. The summed E-state index contributed by atoms with van der Waals surface area (Å²) >= 11 is 6.09. The first-order valence-electron chi connectivity index (χ1n) is 10.0. The summed E-state index contributed by atoms with van der Waals surface area (Å²) in [5, 5.41) is 12.1. The number of fused-ring (bicyclic) bond motifs is 1. The molecule has 164 valence electrons. The van der Waals surface area contributed by atoms with Gasteiger partial charge in [0.05, 0.1) is 38.4 Å². The Morgan fingerprint density at radius 3 is 2.53 bits per heavy atom. The number of hydrogen-bond acceptors (Lipinski definition) is 5. The predicted molar refractivity (Wildman–Crippen MR) is 121 cm³/mol. The Labute approximate surface area is 191 Å². The number of carbonyl (C=O) groups excluding carboxylic acids is 2. The molecule has 0 unspecified atom stereocenters. The van der Waals surface area contributed by atoms with E-state index in [1.807, 2.05) is 6.07 Å². The van der Waals surface area contributed by atoms with E-state index in [-0.39, 0.29) is 12.1 Å². The summed E-state index contributed by atoms with van der Waals surface area (Å²) in [7, 11) is 2.96. The third kappa shape index (κ3) is 3.83. The van der Waals surface area contributed by atoms with E-state index in [0.717, 1.165) is 5.56 Å². The van der Waals surface area contributed by atoms with E-state index in [1.165, 1.54) is 19.1 Å². The Balaban J connectivity index is 1.68. The fourth-order valence-electron chi connectivity index (χ4n) is 4.01. The number of aliphatic hydroxyl groups is 1. The van der Waals surface area contributed by atoms with E-state index in [1.54, 1.807) is 60.7 Å². The molecule has 1 heterocycles. The molecule has 7 heteroatoms. The summed E-state index contributed by atoms with van der Waals surface area (Å²) in [5.41, 5.74) is 0.0488. The van der Waals surface area contributed by atoms with E-state index >= 15 is 0 Å². The maximum atomic E-state index is 13.4. The zero-order valence-electron chi connectivity index (χ0n) is 17.7. The van der Waals surface area contributed by atoms with Gasteiger partial charge in [-0.2, -0.15) is 0 Å². The van der Waals surface area contributed by atoms with Crippen LogP contribution in [0.4, 0.5) is 5.69 Å². The molecule has 0 aliphatic carbocycles. The molecule has 0 saturated carbocycles. The molecule has 1 aliphatic rings.